The van der Waals surface area contributed by atoms with Crippen LogP contribution in [0.5, 0.6) is 0 Å². The third-order valence-electron chi connectivity index (χ3n) is 2.50. The van der Waals surface area contributed by atoms with E-state index in [1.165, 1.54) is 11.1 Å². The number of rotatable bonds is 1. The van der Waals surface area contributed by atoms with Gasteiger partial charge >= 0.3 is 0 Å². The quantitative estimate of drug-likeness (QED) is 0.701. The molecule has 0 unspecified atom stereocenters. The summed E-state index contributed by atoms with van der Waals surface area (Å²) in [4.78, 5) is 0. The SMILES string of the molecule is Cc1cc(C)c(C(C)(C)O)cc1C. The van der Waals surface area contributed by atoms with Crippen molar-refractivity contribution in [1.29, 1.82) is 0 Å². The van der Waals surface area contributed by atoms with Crippen molar-refractivity contribution in [3.05, 3.63) is 34.4 Å². The topological polar surface area (TPSA) is 20.2 Å². The molecule has 0 saturated heterocycles. The fourth-order valence-electron chi connectivity index (χ4n) is 1.62. The first-order valence-electron chi connectivity index (χ1n) is 4.63. The van der Waals surface area contributed by atoms with E-state index in [0.717, 1.165) is 11.1 Å². The Morgan fingerprint density at radius 3 is 1.85 bits per heavy atom. The van der Waals surface area contributed by atoms with Crippen LogP contribution < -0.4 is 0 Å². The number of aliphatic hydroxyl groups is 1. The Hall–Kier alpha value is -0.820. The van der Waals surface area contributed by atoms with Crippen LogP contribution in [-0.2, 0) is 5.60 Å². The summed E-state index contributed by atoms with van der Waals surface area (Å²) in [6, 6.07) is 4.20. The summed E-state index contributed by atoms with van der Waals surface area (Å²) in [7, 11) is 0. The van der Waals surface area contributed by atoms with Gasteiger partial charge in [0.25, 0.3) is 0 Å². The molecule has 0 heterocycles. The Kier molecular flexibility index (Phi) is 2.49. The van der Waals surface area contributed by atoms with Gasteiger partial charge in [-0.3, -0.25) is 0 Å². The summed E-state index contributed by atoms with van der Waals surface area (Å²) in [5, 5.41) is 9.89. The molecule has 72 valence electrons. The van der Waals surface area contributed by atoms with Gasteiger partial charge in [-0.05, 0) is 56.9 Å². The molecule has 1 nitrogen and oxygen atoms in total. The zero-order chi connectivity index (χ0) is 10.2. The van der Waals surface area contributed by atoms with Crippen molar-refractivity contribution in [1.82, 2.24) is 0 Å². The van der Waals surface area contributed by atoms with Crippen molar-refractivity contribution < 1.29 is 5.11 Å². The summed E-state index contributed by atoms with van der Waals surface area (Å²) in [5.41, 5.74) is 3.97. The normalized spacial score (nSPS) is 11.8. The molecule has 0 atom stereocenters. The second kappa shape index (κ2) is 3.15. The first-order valence-corrected chi connectivity index (χ1v) is 4.63. The summed E-state index contributed by atoms with van der Waals surface area (Å²) >= 11 is 0. The molecular weight excluding hydrogens is 160 g/mol. The van der Waals surface area contributed by atoms with E-state index in [2.05, 4.69) is 26.0 Å². The first kappa shape index (κ1) is 10.3. The third-order valence-corrected chi connectivity index (χ3v) is 2.50. The monoisotopic (exact) mass is 178 g/mol. The van der Waals surface area contributed by atoms with E-state index in [4.69, 9.17) is 0 Å². The standard InChI is InChI=1S/C12H18O/c1-8-6-10(3)11(7-9(8)2)12(4,5)13/h6-7,13H,1-5H3. The van der Waals surface area contributed by atoms with E-state index in [1.54, 1.807) is 0 Å². The van der Waals surface area contributed by atoms with Gasteiger partial charge in [0.15, 0.2) is 0 Å². The second-order valence-corrected chi connectivity index (χ2v) is 4.31. The highest BCUT2D eigenvalue weighted by Gasteiger charge is 2.18. The zero-order valence-electron chi connectivity index (χ0n) is 9.10. The van der Waals surface area contributed by atoms with Crippen LogP contribution in [0.25, 0.3) is 0 Å². The van der Waals surface area contributed by atoms with Crippen LogP contribution in [0.2, 0.25) is 0 Å². The maximum atomic E-state index is 9.89. The molecular formula is C12H18O. The van der Waals surface area contributed by atoms with Gasteiger partial charge in [-0.25, -0.2) is 0 Å². The molecule has 1 aromatic rings. The van der Waals surface area contributed by atoms with Gasteiger partial charge in [0.1, 0.15) is 0 Å². The maximum Gasteiger partial charge on any atom is 0.0843 e. The molecule has 0 aliphatic rings. The van der Waals surface area contributed by atoms with Crippen molar-refractivity contribution in [2.45, 2.75) is 40.2 Å². The number of aryl methyl sites for hydroxylation is 3. The largest absolute Gasteiger partial charge is 0.386 e. The minimum Gasteiger partial charge on any atom is -0.386 e. The van der Waals surface area contributed by atoms with E-state index in [1.807, 2.05) is 20.8 Å². The van der Waals surface area contributed by atoms with Crippen molar-refractivity contribution in [2.24, 2.45) is 0 Å². The molecule has 0 bridgehead atoms. The third kappa shape index (κ3) is 2.10. The lowest BCUT2D eigenvalue weighted by Crippen LogP contribution is -2.17. The molecule has 1 aromatic carbocycles. The Morgan fingerprint density at radius 2 is 1.38 bits per heavy atom. The fourth-order valence-corrected chi connectivity index (χ4v) is 1.62. The predicted octanol–water partition coefficient (Wildman–Crippen LogP) is 2.84. The van der Waals surface area contributed by atoms with Crippen molar-refractivity contribution in [3.63, 3.8) is 0 Å². The summed E-state index contributed by atoms with van der Waals surface area (Å²) < 4.78 is 0. The highest BCUT2D eigenvalue weighted by molar-refractivity contribution is 5.39. The van der Waals surface area contributed by atoms with Crippen LogP contribution in [0.1, 0.15) is 36.1 Å². The second-order valence-electron chi connectivity index (χ2n) is 4.31. The molecule has 1 heteroatoms. The van der Waals surface area contributed by atoms with Crippen LogP contribution in [0.3, 0.4) is 0 Å². The Bertz CT molecular complexity index is 319. The molecule has 0 amide bonds. The van der Waals surface area contributed by atoms with Gasteiger partial charge in [0.05, 0.1) is 5.60 Å². The fraction of sp³-hybridized carbons (Fsp3) is 0.500. The molecule has 0 spiro atoms. The van der Waals surface area contributed by atoms with E-state index >= 15 is 0 Å². The lowest BCUT2D eigenvalue weighted by Gasteiger charge is -2.21. The molecule has 13 heavy (non-hydrogen) atoms. The smallest absolute Gasteiger partial charge is 0.0843 e. The highest BCUT2D eigenvalue weighted by Crippen LogP contribution is 2.25. The molecule has 0 fully saturated rings. The predicted molar refractivity (Wildman–Crippen MR) is 55.9 cm³/mol. The van der Waals surface area contributed by atoms with Gasteiger partial charge < -0.3 is 5.11 Å². The van der Waals surface area contributed by atoms with Crippen LogP contribution in [0.15, 0.2) is 12.1 Å². The molecule has 0 aliphatic carbocycles. The van der Waals surface area contributed by atoms with E-state index < -0.39 is 5.60 Å². The lowest BCUT2D eigenvalue weighted by molar-refractivity contribution is 0.0778. The number of benzene rings is 1. The summed E-state index contributed by atoms with van der Waals surface area (Å²) in [6.07, 6.45) is 0. The molecule has 0 aromatic heterocycles. The lowest BCUT2D eigenvalue weighted by atomic mass is 9.90. The van der Waals surface area contributed by atoms with Crippen LogP contribution in [-0.4, -0.2) is 5.11 Å². The average Bonchev–Trinajstić information content (AvgIpc) is 1.94. The molecule has 0 radical (unpaired) electrons. The summed E-state index contributed by atoms with van der Waals surface area (Å²) in [6.45, 7) is 9.86. The van der Waals surface area contributed by atoms with Crippen molar-refractivity contribution in [2.75, 3.05) is 0 Å². The minimum absolute atomic E-state index is 0.734. The van der Waals surface area contributed by atoms with E-state index in [0.29, 0.717) is 0 Å². The highest BCUT2D eigenvalue weighted by atomic mass is 16.3. The van der Waals surface area contributed by atoms with Gasteiger partial charge in [0, 0.05) is 0 Å². The van der Waals surface area contributed by atoms with Gasteiger partial charge in [-0.2, -0.15) is 0 Å². The van der Waals surface area contributed by atoms with Gasteiger partial charge in [0.2, 0.25) is 0 Å². The maximum absolute atomic E-state index is 9.89. The Labute approximate surface area is 80.4 Å². The Balaban J connectivity index is 3.32. The molecule has 0 aliphatic heterocycles. The molecule has 0 saturated carbocycles. The first-order chi connectivity index (χ1) is 5.82. The van der Waals surface area contributed by atoms with Crippen LogP contribution in [0, 0.1) is 20.8 Å². The zero-order valence-corrected chi connectivity index (χ0v) is 9.10. The van der Waals surface area contributed by atoms with Gasteiger partial charge in [-0.1, -0.05) is 12.1 Å². The Morgan fingerprint density at radius 1 is 0.923 bits per heavy atom. The van der Waals surface area contributed by atoms with E-state index in [-0.39, 0.29) is 0 Å². The van der Waals surface area contributed by atoms with Crippen LogP contribution >= 0.6 is 0 Å². The average molecular weight is 178 g/mol. The van der Waals surface area contributed by atoms with Crippen molar-refractivity contribution >= 4 is 0 Å². The number of hydrogen-bond acceptors (Lipinski definition) is 1. The molecule has 1 rings (SSSR count). The molecule has 1 N–H and O–H groups in total. The van der Waals surface area contributed by atoms with Crippen molar-refractivity contribution in [3.8, 4) is 0 Å². The minimum atomic E-state index is -0.734. The van der Waals surface area contributed by atoms with Gasteiger partial charge in [-0.15, -0.1) is 0 Å². The summed E-state index contributed by atoms with van der Waals surface area (Å²) in [5.74, 6) is 0. The van der Waals surface area contributed by atoms with Crippen LogP contribution in [0.4, 0.5) is 0 Å². The van der Waals surface area contributed by atoms with E-state index in [9.17, 15) is 5.11 Å². The number of hydrogen-bond donors (Lipinski definition) is 1.